The van der Waals surface area contributed by atoms with E-state index in [2.05, 4.69) is 5.32 Å². The second-order valence-corrected chi connectivity index (χ2v) is 5.43. The quantitative estimate of drug-likeness (QED) is 0.915. The van der Waals surface area contributed by atoms with Gasteiger partial charge in [0.1, 0.15) is 0 Å². The number of nitrogens with one attached hydrogen (secondary N) is 1. The molecule has 1 aromatic carbocycles. The van der Waals surface area contributed by atoms with Crippen molar-refractivity contribution in [2.24, 2.45) is 0 Å². The average molecular weight is 270 g/mol. The molecule has 0 spiro atoms. The van der Waals surface area contributed by atoms with Gasteiger partial charge in [0.05, 0.1) is 12.5 Å². The first-order valence-corrected chi connectivity index (χ1v) is 7.00. The highest BCUT2D eigenvalue weighted by Crippen LogP contribution is 2.33. The summed E-state index contributed by atoms with van der Waals surface area (Å²) in [6, 6.07) is 8.06. The van der Waals surface area contributed by atoms with Gasteiger partial charge in [-0.15, -0.1) is 0 Å². The smallest absolute Gasteiger partial charge is 0.223 e. The molecule has 1 aromatic rings. The number of hydrogen-bond acceptors (Lipinski definition) is 2. The lowest BCUT2D eigenvalue weighted by Crippen LogP contribution is -2.35. The maximum Gasteiger partial charge on any atom is 0.223 e. The van der Waals surface area contributed by atoms with Crippen molar-refractivity contribution in [1.82, 2.24) is 10.2 Å². The normalized spacial score (nSPS) is 20.4. The largest absolute Gasteiger partial charge is 0.353 e. The molecular formula is C16H18N2O2. The van der Waals surface area contributed by atoms with Crippen LogP contribution < -0.4 is 5.32 Å². The zero-order valence-corrected chi connectivity index (χ0v) is 11.5. The molecular weight excluding hydrogens is 252 g/mol. The Morgan fingerprint density at radius 1 is 1.30 bits per heavy atom. The Bertz CT molecular complexity index is 576. The van der Waals surface area contributed by atoms with Gasteiger partial charge in [-0.1, -0.05) is 24.3 Å². The molecule has 4 nitrogen and oxygen atoms in total. The molecule has 1 atom stereocenters. The van der Waals surface area contributed by atoms with Gasteiger partial charge in [-0.2, -0.15) is 0 Å². The third-order valence-corrected chi connectivity index (χ3v) is 3.79. The van der Waals surface area contributed by atoms with Gasteiger partial charge < -0.3 is 10.2 Å². The third kappa shape index (κ3) is 2.59. The standard InChI is InChI=1S/C16H18N2O2/c1-11(19)18-9-8-12-4-2-3-5-14(12)15(18)10-16(20)17-13-6-7-13/h2-5,8-9,13,15H,6-7,10H2,1H3,(H,17,20). The van der Waals surface area contributed by atoms with Crippen LogP contribution in [0.2, 0.25) is 0 Å². The van der Waals surface area contributed by atoms with E-state index in [-0.39, 0.29) is 17.9 Å². The Labute approximate surface area is 118 Å². The monoisotopic (exact) mass is 270 g/mol. The van der Waals surface area contributed by atoms with E-state index in [0.29, 0.717) is 12.5 Å². The molecule has 0 saturated heterocycles. The van der Waals surface area contributed by atoms with Crippen LogP contribution in [-0.2, 0) is 9.59 Å². The maximum atomic E-state index is 12.1. The van der Waals surface area contributed by atoms with Crippen molar-refractivity contribution < 1.29 is 9.59 Å². The van der Waals surface area contributed by atoms with Crippen molar-refractivity contribution in [3.05, 3.63) is 41.6 Å². The second kappa shape index (κ2) is 5.12. The molecule has 1 aliphatic carbocycles. The van der Waals surface area contributed by atoms with Crippen molar-refractivity contribution in [2.75, 3.05) is 0 Å². The van der Waals surface area contributed by atoms with Gasteiger partial charge >= 0.3 is 0 Å². The summed E-state index contributed by atoms with van der Waals surface area (Å²) in [5, 5.41) is 2.99. The van der Waals surface area contributed by atoms with Crippen LogP contribution in [0.3, 0.4) is 0 Å². The fourth-order valence-electron chi connectivity index (χ4n) is 2.60. The number of hydrogen-bond donors (Lipinski definition) is 1. The summed E-state index contributed by atoms with van der Waals surface area (Å²) in [6.45, 7) is 1.53. The minimum absolute atomic E-state index is 0.0221. The van der Waals surface area contributed by atoms with Crippen molar-refractivity contribution in [3.63, 3.8) is 0 Å². The van der Waals surface area contributed by atoms with E-state index in [1.54, 1.807) is 11.1 Å². The number of amides is 2. The maximum absolute atomic E-state index is 12.1. The fraction of sp³-hybridized carbons (Fsp3) is 0.375. The first-order valence-electron chi connectivity index (χ1n) is 7.00. The van der Waals surface area contributed by atoms with Crippen molar-refractivity contribution in [1.29, 1.82) is 0 Å². The average Bonchev–Trinajstić information content (AvgIpc) is 3.22. The van der Waals surface area contributed by atoms with Gasteiger partial charge in [-0.05, 0) is 30.0 Å². The Hall–Kier alpha value is -2.10. The fourth-order valence-corrected chi connectivity index (χ4v) is 2.60. The summed E-state index contributed by atoms with van der Waals surface area (Å²) in [4.78, 5) is 25.5. The van der Waals surface area contributed by atoms with Crippen molar-refractivity contribution >= 4 is 17.9 Å². The molecule has 0 radical (unpaired) electrons. The predicted octanol–water partition coefficient (Wildman–Crippen LogP) is 2.23. The van der Waals surface area contributed by atoms with Crippen LogP contribution in [0.15, 0.2) is 30.5 Å². The molecule has 3 rings (SSSR count). The summed E-state index contributed by atoms with van der Waals surface area (Å²) < 4.78 is 0. The number of rotatable bonds is 3. The highest BCUT2D eigenvalue weighted by molar-refractivity contribution is 5.82. The molecule has 1 aliphatic heterocycles. The van der Waals surface area contributed by atoms with E-state index in [1.807, 2.05) is 30.3 Å². The Balaban J connectivity index is 1.84. The van der Waals surface area contributed by atoms with Gasteiger partial charge in [0.15, 0.2) is 0 Å². The van der Waals surface area contributed by atoms with Crippen LogP contribution in [0.4, 0.5) is 0 Å². The van der Waals surface area contributed by atoms with Gasteiger partial charge in [0.2, 0.25) is 11.8 Å². The van der Waals surface area contributed by atoms with Crippen LogP contribution in [0.5, 0.6) is 0 Å². The van der Waals surface area contributed by atoms with Crippen LogP contribution in [0.1, 0.15) is 43.4 Å². The topological polar surface area (TPSA) is 49.4 Å². The molecule has 1 saturated carbocycles. The number of benzene rings is 1. The number of carbonyl (C=O) groups is 2. The van der Waals surface area contributed by atoms with Crippen LogP contribution >= 0.6 is 0 Å². The van der Waals surface area contributed by atoms with Crippen LogP contribution in [0, 0.1) is 0 Å². The van der Waals surface area contributed by atoms with E-state index < -0.39 is 0 Å². The molecule has 2 amide bonds. The molecule has 2 aliphatic rings. The minimum atomic E-state index is -0.201. The van der Waals surface area contributed by atoms with Gasteiger partial charge in [0.25, 0.3) is 0 Å². The molecule has 0 bridgehead atoms. The zero-order valence-electron chi connectivity index (χ0n) is 11.5. The Morgan fingerprint density at radius 3 is 2.75 bits per heavy atom. The summed E-state index contributed by atoms with van der Waals surface area (Å²) in [5.74, 6) is -0.0196. The first-order chi connectivity index (χ1) is 9.65. The lowest BCUT2D eigenvalue weighted by Gasteiger charge is -2.32. The van der Waals surface area contributed by atoms with E-state index >= 15 is 0 Å². The molecule has 20 heavy (non-hydrogen) atoms. The minimum Gasteiger partial charge on any atom is -0.353 e. The second-order valence-electron chi connectivity index (χ2n) is 5.43. The molecule has 0 aromatic heterocycles. The van der Waals surface area contributed by atoms with Gasteiger partial charge in [0, 0.05) is 19.2 Å². The van der Waals surface area contributed by atoms with E-state index in [4.69, 9.17) is 0 Å². The first kappa shape index (κ1) is 12.9. The number of nitrogens with zero attached hydrogens (tertiary/aromatic N) is 1. The van der Waals surface area contributed by atoms with E-state index in [9.17, 15) is 9.59 Å². The summed E-state index contributed by atoms with van der Waals surface area (Å²) in [7, 11) is 0. The lowest BCUT2D eigenvalue weighted by molar-refractivity contribution is -0.130. The summed E-state index contributed by atoms with van der Waals surface area (Å²) in [5.41, 5.74) is 2.12. The summed E-state index contributed by atoms with van der Waals surface area (Å²) in [6.07, 6.45) is 6.16. The summed E-state index contributed by atoms with van der Waals surface area (Å²) >= 11 is 0. The Kier molecular flexibility index (Phi) is 3.30. The van der Waals surface area contributed by atoms with Crippen LogP contribution in [0.25, 0.3) is 6.08 Å². The molecule has 1 fully saturated rings. The molecule has 4 heteroatoms. The van der Waals surface area contributed by atoms with Gasteiger partial charge in [-0.25, -0.2) is 0 Å². The van der Waals surface area contributed by atoms with E-state index in [1.165, 1.54) is 6.92 Å². The Morgan fingerprint density at radius 2 is 2.05 bits per heavy atom. The number of fused-ring (bicyclic) bond motifs is 1. The lowest BCUT2D eigenvalue weighted by atomic mass is 9.93. The molecule has 1 unspecified atom stereocenters. The van der Waals surface area contributed by atoms with Gasteiger partial charge in [-0.3, -0.25) is 9.59 Å². The highest BCUT2D eigenvalue weighted by Gasteiger charge is 2.30. The van der Waals surface area contributed by atoms with Crippen LogP contribution in [-0.4, -0.2) is 22.8 Å². The van der Waals surface area contributed by atoms with E-state index in [0.717, 1.165) is 24.0 Å². The van der Waals surface area contributed by atoms with Crippen molar-refractivity contribution in [2.45, 2.75) is 38.3 Å². The molecule has 104 valence electrons. The number of carbonyl (C=O) groups excluding carboxylic acids is 2. The molecule has 1 N–H and O–H groups in total. The predicted molar refractivity (Wildman–Crippen MR) is 76.5 cm³/mol. The molecule has 1 heterocycles. The zero-order chi connectivity index (χ0) is 14.1. The SMILES string of the molecule is CC(=O)N1C=Cc2ccccc2C1CC(=O)NC1CC1. The van der Waals surface area contributed by atoms with Crippen molar-refractivity contribution in [3.8, 4) is 0 Å². The highest BCUT2D eigenvalue weighted by atomic mass is 16.2. The third-order valence-electron chi connectivity index (χ3n) is 3.79.